The van der Waals surface area contributed by atoms with E-state index in [1.54, 1.807) is 18.4 Å². The molecule has 0 radical (unpaired) electrons. The lowest BCUT2D eigenvalue weighted by Crippen LogP contribution is -2.32. The zero-order valence-electron chi connectivity index (χ0n) is 15.6. The minimum Gasteiger partial charge on any atom is -0.497 e. The Kier molecular flexibility index (Phi) is 5.79. The summed E-state index contributed by atoms with van der Waals surface area (Å²) in [5, 5.41) is 14.9. The zero-order valence-corrected chi connectivity index (χ0v) is 16.4. The van der Waals surface area contributed by atoms with E-state index in [1.807, 2.05) is 16.8 Å². The second kappa shape index (κ2) is 8.63. The fourth-order valence-electron chi connectivity index (χ4n) is 3.69. The molecule has 0 aliphatic carbocycles. The summed E-state index contributed by atoms with van der Waals surface area (Å²) in [7, 11) is 1.68. The van der Waals surface area contributed by atoms with Crippen LogP contribution >= 0.6 is 11.3 Å². The molecule has 6 nitrogen and oxygen atoms in total. The first kappa shape index (κ1) is 18.1. The van der Waals surface area contributed by atoms with Crippen molar-refractivity contribution in [1.82, 2.24) is 25.1 Å². The van der Waals surface area contributed by atoms with Crippen LogP contribution in [0.25, 0.3) is 0 Å². The van der Waals surface area contributed by atoms with Crippen molar-refractivity contribution in [3.63, 3.8) is 0 Å². The van der Waals surface area contributed by atoms with Crippen LogP contribution < -0.4 is 4.74 Å². The first-order chi connectivity index (χ1) is 13.3. The van der Waals surface area contributed by atoms with Gasteiger partial charge in [0.05, 0.1) is 13.7 Å². The van der Waals surface area contributed by atoms with Gasteiger partial charge in [0.25, 0.3) is 0 Å². The van der Waals surface area contributed by atoms with Gasteiger partial charge in [-0.05, 0) is 65.5 Å². The van der Waals surface area contributed by atoms with Crippen molar-refractivity contribution in [1.29, 1.82) is 0 Å². The van der Waals surface area contributed by atoms with Crippen molar-refractivity contribution < 1.29 is 4.74 Å². The lowest BCUT2D eigenvalue weighted by atomic mass is 10.1. The highest BCUT2D eigenvalue weighted by Crippen LogP contribution is 2.32. The molecule has 0 saturated carbocycles. The standard InChI is InChI=1S/C20H25N5OS/c1-26-17-10-8-16(9-11-17)15-25-20(21-22-23-25)19(18-7-6-14-27-18)24-12-4-2-3-5-13-24/h6-11,14,19H,2-5,12-13,15H2,1H3/t19-/m1/s1. The topological polar surface area (TPSA) is 56.1 Å². The van der Waals surface area contributed by atoms with Crippen molar-refractivity contribution in [2.75, 3.05) is 20.2 Å². The smallest absolute Gasteiger partial charge is 0.174 e. The summed E-state index contributed by atoms with van der Waals surface area (Å²) in [5.74, 6) is 1.78. The van der Waals surface area contributed by atoms with Gasteiger partial charge in [-0.3, -0.25) is 4.90 Å². The van der Waals surface area contributed by atoms with Crippen molar-refractivity contribution >= 4 is 11.3 Å². The number of ether oxygens (including phenoxy) is 1. The first-order valence-corrected chi connectivity index (χ1v) is 10.4. The molecule has 1 aliphatic heterocycles. The van der Waals surface area contributed by atoms with Gasteiger partial charge in [-0.25, -0.2) is 4.68 Å². The van der Waals surface area contributed by atoms with E-state index in [0.717, 1.165) is 30.2 Å². The molecule has 7 heteroatoms. The van der Waals surface area contributed by atoms with E-state index in [2.05, 4.69) is 50.1 Å². The van der Waals surface area contributed by atoms with Crippen LogP contribution in [-0.4, -0.2) is 45.3 Å². The molecule has 3 aromatic rings. The molecule has 0 spiro atoms. The van der Waals surface area contributed by atoms with Crippen LogP contribution in [0.5, 0.6) is 5.75 Å². The molecule has 1 aromatic carbocycles. The van der Waals surface area contributed by atoms with Crippen LogP contribution in [0.4, 0.5) is 0 Å². The summed E-state index contributed by atoms with van der Waals surface area (Å²) >= 11 is 1.78. The molecule has 1 fully saturated rings. The molecule has 0 amide bonds. The molecule has 27 heavy (non-hydrogen) atoms. The van der Waals surface area contributed by atoms with E-state index in [-0.39, 0.29) is 6.04 Å². The Balaban J connectivity index is 1.63. The van der Waals surface area contributed by atoms with Crippen LogP contribution in [0, 0.1) is 0 Å². The number of tetrazole rings is 1. The molecule has 4 rings (SSSR count). The predicted molar refractivity (Wildman–Crippen MR) is 106 cm³/mol. The Labute approximate surface area is 163 Å². The second-order valence-electron chi connectivity index (χ2n) is 6.91. The lowest BCUT2D eigenvalue weighted by molar-refractivity contribution is 0.224. The summed E-state index contributed by atoms with van der Waals surface area (Å²) in [6.45, 7) is 2.85. The molecular formula is C20H25N5OS. The SMILES string of the molecule is COc1ccc(Cn2nnnc2[C@@H](c2cccs2)N2CCCCCC2)cc1. The predicted octanol–water partition coefficient (Wildman–Crippen LogP) is 3.76. The van der Waals surface area contributed by atoms with Gasteiger partial charge < -0.3 is 4.74 Å². The van der Waals surface area contributed by atoms with Crippen LogP contribution in [-0.2, 0) is 6.54 Å². The Morgan fingerprint density at radius 2 is 1.85 bits per heavy atom. The van der Waals surface area contributed by atoms with Gasteiger partial charge in [-0.15, -0.1) is 16.4 Å². The van der Waals surface area contributed by atoms with Crippen LogP contribution in [0.2, 0.25) is 0 Å². The maximum Gasteiger partial charge on any atom is 0.174 e. The van der Waals surface area contributed by atoms with Crippen molar-refractivity contribution in [3.05, 3.63) is 58.0 Å². The number of hydrogen-bond donors (Lipinski definition) is 0. The number of benzene rings is 1. The van der Waals surface area contributed by atoms with Crippen LogP contribution in [0.3, 0.4) is 0 Å². The van der Waals surface area contributed by atoms with E-state index in [0.29, 0.717) is 6.54 Å². The summed E-state index contributed by atoms with van der Waals surface area (Å²) in [5.41, 5.74) is 1.16. The highest BCUT2D eigenvalue weighted by atomic mass is 32.1. The summed E-state index contributed by atoms with van der Waals surface area (Å²) < 4.78 is 7.20. The highest BCUT2D eigenvalue weighted by molar-refractivity contribution is 7.10. The number of aromatic nitrogens is 4. The van der Waals surface area contributed by atoms with E-state index in [9.17, 15) is 0 Å². The average Bonchev–Trinajstić information content (AvgIpc) is 3.31. The third-order valence-electron chi connectivity index (χ3n) is 5.11. The van der Waals surface area contributed by atoms with E-state index < -0.39 is 0 Å². The van der Waals surface area contributed by atoms with E-state index >= 15 is 0 Å². The van der Waals surface area contributed by atoms with Gasteiger partial charge in [0.2, 0.25) is 0 Å². The molecule has 2 aromatic heterocycles. The van der Waals surface area contributed by atoms with Gasteiger partial charge in [-0.1, -0.05) is 31.0 Å². The van der Waals surface area contributed by atoms with E-state index in [1.165, 1.54) is 30.6 Å². The van der Waals surface area contributed by atoms with Crippen molar-refractivity contribution in [2.45, 2.75) is 38.3 Å². The minimum absolute atomic E-state index is 0.122. The van der Waals surface area contributed by atoms with Gasteiger partial charge in [0, 0.05) is 4.88 Å². The maximum absolute atomic E-state index is 5.25. The first-order valence-electron chi connectivity index (χ1n) is 9.51. The summed E-state index contributed by atoms with van der Waals surface area (Å²) in [6.07, 6.45) is 5.10. The van der Waals surface area contributed by atoms with Gasteiger partial charge in [0.15, 0.2) is 5.82 Å². The zero-order chi connectivity index (χ0) is 18.5. The Hall–Kier alpha value is -2.25. The molecule has 1 atom stereocenters. The Bertz CT molecular complexity index is 822. The third-order valence-corrected chi connectivity index (χ3v) is 6.04. The van der Waals surface area contributed by atoms with Gasteiger partial charge >= 0.3 is 0 Å². The number of rotatable bonds is 6. The average molecular weight is 384 g/mol. The monoisotopic (exact) mass is 383 g/mol. The molecule has 3 heterocycles. The second-order valence-corrected chi connectivity index (χ2v) is 7.89. The number of hydrogen-bond acceptors (Lipinski definition) is 6. The minimum atomic E-state index is 0.122. The Morgan fingerprint density at radius 3 is 2.52 bits per heavy atom. The van der Waals surface area contributed by atoms with Gasteiger partial charge in [-0.2, -0.15) is 0 Å². The molecule has 1 aliphatic rings. The lowest BCUT2D eigenvalue weighted by Gasteiger charge is -2.29. The number of likely N-dealkylation sites (tertiary alicyclic amines) is 1. The summed E-state index contributed by atoms with van der Waals surface area (Å²) in [6, 6.07) is 12.5. The molecule has 142 valence electrons. The molecular weight excluding hydrogens is 358 g/mol. The fourth-order valence-corrected chi connectivity index (χ4v) is 4.55. The van der Waals surface area contributed by atoms with Crippen LogP contribution in [0.15, 0.2) is 41.8 Å². The van der Waals surface area contributed by atoms with Gasteiger partial charge in [0.1, 0.15) is 11.8 Å². The molecule has 0 N–H and O–H groups in total. The van der Waals surface area contributed by atoms with Crippen LogP contribution in [0.1, 0.15) is 48.0 Å². The van der Waals surface area contributed by atoms with E-state index in [4.69, 9.17) is 4.74 Å². The number of thiophene rings is 1. The summed E-state index contributed by atoms with van der Waals surface area (Å²) in [4.78, 5) is 3.86. The third kappa shape index (κ3) is 4.20. The quantitative estimate of drug-likeness (QED) is 0.649. The fraction of sp³-hybridized carbons (Fsp3) is 0.450. The molecule has 0 bridgehead atoms. The van der Waals surface area contributed by atoms with Crippen molar-refractivity contribution in [2.24, 2.45) is 0 Å². The number of methoxy groups -OCH3 is 1. The molecule has 0 unspecified atom stereocenters. The molecule has 1 saturated heterocycles. The number of nitrogens with zero attached hydrogens (tertiary/aromatic N) is 5. The largest absolute Gasteiger partial charge is 0.497 e. The highest BCUT2D eigenvalue weighted by Gasteiger charge is 2.29. The maximum atomic E-state index is 5.25. The normalized spacial score (nSPS) is 16.8. The van der Waals surface area contributed by atoms with Crippen molar-refractivity contribution in [3.8, 4) is 5.75 Å². The Morgan fingerprint density at radius 1 is 1.07 bits per heavy atom.